The summed E-state index contributed by atoms with van der Waals surface area (Å²) in [4.78, 5) is 28.8. The number of aromatic nitrogens is 2. The molecule has 1 atom stereocenters. The molecule has 2 N–H and O–H groups in total. The molecule has 7 heteroatoms. The van der Waals surface area contributed by atoms with Crippen molar-refractivity contribution in [2.45, 2.75) is 26.3 Å². The average Bonchev–Trinajstić information content (AvgIpc) is 2.38. The summed E-state index contributed by atoms with van der Waals surface area (Å²) in [5.41, 5.74) is 0.636. The molecule has 0 saturated heterocycles. The molecule has 0 bridgehead atoms. The Bertz CT molecular complexity index is 696. The first-order valence-corrected chi connectivity index (χ1v) is 6.41. The number of nitrogens with one attached hydrogen (secondary N) is 2. The fourth-order valence-corrected chi connectivity index (χ4v) is 2.23. The van der Waals surface area contributed by atoms with Gasteiger partial charge in [0, 0.05) is 17.7 Å². The van der Waals surface area contributed by atoms with Gasteiger partial charge in [-0.15, -0.1) is 0 Å². The first-order valence-electron chi connectivity index (χ1n) is 6.41. The van der Waals surface area contributed by atoms with Crippen LogP contribution in [0, 0.1) is 10.1 Å². The molecule has 0 aliphatic rings. The Labute approximate surface area is 115 Å². The zero-order valence-electron chi connectivity index (χ0n) is 11.3. The molecule has 1 unspecified atom stereocenters. The van der Waals surface area contributed by atoms with Crippen LogP contribution < -0.4 is 10.9 Å². The molecule has 0 aliphatic heterocycles. The van der Waals surface area contributed by atoms with Gasteiger partial charge in [0.25, 0.3) is 11.2 Å². The van der Waals surface area contributed by atoms with Crippen LogP contribution in [0.1, 0.15) is 19.4 Å². The Morgan fingerprint density at radius 2 is 2.25 bits per heavy atom. The van der Waals surface area contributed by atoms with Crippen LogP contribution in [0.2, 0.25) is 0 Å². The molecular weight excluding hydrogens is 260 g/mol. The molecule has 106 valence electrons. The maximum atomic E-state index is 11.7. The monoisotopic (exact) mass is 276 g/mol. The third-order valence-electron chi connectivity index (χ3n) is 3.12. The van der Waals surface area contributed by atoms with Crippen molar-refractivity contribution in [2.75, 3.05) is 6.54 Å². The van der Waals surface area contributed by atoms with Gasteiger partial charge in [-0.05, 0) is 26.0 Å². The summed E-state index contributed by atoms with van der Waals surface area (Å²) < 4.78 is 0. The van der Waals surface area contributed by atoms with Crippen LogP contribution in [-0.4, -0.2) is 27.5 Å². The lowest BCUT2D eigenvalue weighted by Gasteiger charge is -2.12. The van der Waals surface area contributed by atoms with E-state index < -0.39 is 4.92 Å². The lowest BCUT2D eigenvalue weighted by Crippen LogP contribution is -2.27. The van der Waals surface area contributed by atoms with Gasteiger partial charge in [-0.3, -0.25) is 14.9 Å². The number of aromatic amines is 1. The molecule has 0 saturated carbocycles. The molecule has 2 rings (SSSR count). The summed E-state index contributed by atoms with van der Waals surface area (Å²) >= 11 is 0. The predicted molar refractivity (Wildman–Crippen MR) is 75.9 cm³/mol. The number of nitrogens with zero attached hydrogens (tertiary/aromatic N) is 2. The molecule has 0 radical (unpaired) electrons. The number of nitro benzene ring substituents is 1. The minimum absolute atomic E-state index is 0.0410. The van der Waals surface area contributed by atoms with E-state index in [-0.39, 0.29) is 22.7 Å². The molecule has 2 aromatic rings. The minimum atomic E-state index is -0.458. The number of H-pyrrole nitrogens is 1. The van der Waals surface area contributed by atoms with Gasteiger partial charge >= 0.3 is 0 Å². The van der Waals surface area contributed by atoms with Crippen molar-refractivity contribution >= 4 is 16.6 Å². The SMILES string of the molecule is CCNC(C)Cc1cc2nc[nH]c(=O)c2cc1[N+](=O)[O-]. The second-order valence-electron chi connectivity index (χ2n) is 4.65. The second-order valence-corrected chi connectivity index (χ2v) is 4.65. The van der Waals surface area contributed by atoms with Gasteiger partial charge in [0.2, 0.25) is 0 Å². The van der Waals surface area contributed by atoms with E-state index in [0.29, 0.717) is 17.5 Å². The van der Waals surface area contributed by atoms with Crippen molar-refractivity contribution in [3.05, 3.63) is 44.5 Å². The number of likely N-dealkylation sites (N-methyl/N-ethyl adjacent to an activating group) is 1. The third-order valence-corrected chi connectivity index (χ3v) is 3.12. The largest absolute Gasteiger partial charge is 0.314 e. The van der Waals surface area contributed by atoms with Crippen molar-refractivity contribution in [1.29, 1.82) is 0 Å². The molecule has 1 aromatic carbocycles. The van der Waals surface area contributed by atoms with Gasteiger partial charge in [-0.25, -0.2) is 4.98 Å². The number of hydrogen-bond acceptors (Lipinski definition) is 5. The summed E-state index contributed by atoms with van der Waals surface area (Å²) in [6.07, 6.45) is 1.81. The predicted octanol–water partition coefficient (Wildman–Crippen LogP) is 1.37. The van der Waals surface area contributed by atoms with E-state index in [4.69, 9.17) is 0 Å². The number of rotatable bonds is 5. The smallest absolute Gasteiger partial charge is 0.273 e. The van der Waals surface area contributed by atoms with Crippen LogP contribution in [0.15, 0.2) is 23.3 Å². The van der Waals surface area contributed by atoms with Crippen LogP contribution in [0.5, 0.6) is 0 Å². The molecule has 1 heterocycles. The molecular formula is C13H16N4O3. The lowest BCUT2D eigenvalue weighted by atomic mass is 10.0. The molecule has 7 nitrogen and oxygen atoms in total. The van der Waals surface area contributed by atoms with Gasteiger partial charge in [0.05, 0.1) is 22.2 Å². The van der Waals surface area contributed by atoms with Crippen molar-refractivity contribution in [3.63, 3.8) is 0 Å². The van der Waals surface area contributed by atoms with Gasteiger partial charge in [-0.1, -0.05) is 6.92 Å². The van der Waals surface area contributed by atoms with Gasteiger partial charge in [0.1, 0.15) is 0 Å². The zero-order valence-corrected chi connectivity index (χ0v) is 11.3. The van der Waals surface area contributed by atoms with E-state index in [1.807, 2.05) is 13.8 Å². The Morgan fingerprint density at radius 3 is 2.90 bits per heavy atom. The second kappa shape index (κ2) is 5.79. The molecule has 20 heavy (non-hydrogen) atoms. The Hall–Kier alpha value is -2.28. The third kappa shape index (κ3) is 2.83. The number of fused-ring (bicyclic) bond motifs is 1. The summed E-state index contributed by atoms with van der Waals surface area (Å²) in [6.45, 7) is 4.73. The van der Waals surface area contributed by atoms with Crippen molar-refractivity contribution < 1.29 is 4.92 Å². The average molecular weight is 276 g/mol. The number of benzene rings is 1. The Balaban J connectivity index is 2.54. The van der Waals surface area contributed by atoms with Gasteiger partial charge in [0.15, 0.2) is 0 Å². The van der Waals surface area contributed by atoms with E-state index in [9.17, 15) is 14.9 Å². The summed E-state index contributed by atoms with van der Waals surface area (Å²) in [6, 6.07) is 3.03. The highest BCUT2D eigenvalue weighted by Crippen LogP contribution is 2.24. The van der Waals surface area contributed by atoms with Crippen LogP contribution in [-0.2, 0) is 6.42 Å². The van der Waals surface area contributed by atoms with Crippen LogP contribution in [0.4, 0.5) is 5.69 Å². The molecule has 0 fully saturated rings. The fraction of sp³-hybridized carbons (Fsp3) is 0.385. The topological polar surface area (TPSA) is 101 Å². The lowest BCUT2D eigenvalue weighted by molar-refractivity contribution is -0.385. The summed E-state index contributed by atoms with van der Waals surface area (Å²) in [7, 11) is 0. The first kappa shape index (κ1) is 14.1. The fourth-order valence-electron chi connectivity index (χ4n) is 2.23. The van der Waals surface area contributed by atoms with E-state index in [1.165, 1.54) is 12.4 Å². The molecule has 0 amide bonds. The van der Waals surface area contributed by atoms with Gasteiger partial charge in [-0.2, -0.15) is 0 Å². The first-order chi connectivity index (χ1) is 9.52. The highest BCUT2D eigenvalue weighted by molar-refractivity contribution is 5.81. The molecule has 1 aromatic heterocycles. The number of nitro groups is 1. The van der Waals surface area contributed by atoms with Crippen molar-refractivity contribution in [1.82, 2.24) is 15.3 Å². The van der Waals surface area contributed by atoms with E-state index >= 15 is 0 Å². The standard InChI is InChI=1S/C13H16N4O3/c1-3-14-8(2)4-9-5-11-10(6-12(9)17(19)20)13(18)16-7-15-11/h5-8,14H,3-4H2,1-2H3,(H,15,16,18). The van der Waals surface area contributed by atoms with Crippen LogP contribution in [0.25, 0.3) is 10.9 Å². The number of hydrogen-bond donors (Lipinski definition) is 2. The molecule has 0 aliphatic carbocycles. The Morgan fingerprint density at radius 1 is 1.50 bits per heavy atom. The van der Waals surface area contributed by atoms with E-state index in [2.05, 4.69) is 15.3 Å². The van der Waals surface area contributed by atoms with Gasteiger partial charge < -0.3 is 10.3 Å². The highest BCUT2D eigenvalue weighted by Gasteiger charge is 2.18. The van der Waals surface area contributed by atoms with Crippen LogP contribution >= 0.6 is 0 Å². The normalized spacial score (nSPS) is 12.5. The summed E-state index contributed by atoms with van der Waals surface area (Å²) in [5, 5.41) is 14.6. The maximum Gasteiger partial charge on any atom is 0.273 e. The highest BCUT2D eigenvalue weighted by atomic mass is 16.6. The maximum absolute atomic E-state index is 11.7. The van der Waals surface area contributed by atoms with Crippen LogP contribution in [0.3, 0.4) is 0 Å². The zero-order chi connectivity index (χ0) is 14.7. The minimum Gasteiger partial charge on any atom is -0.314 e. The Kier molecular flexibility index (Phi) is 4.09. The summed E-state index contributed by atoms with van der Waals surface area (Å²) in [5.74, 6) is 0. The van der Waals surface area contributed by atoms with E-state index in [1.54, 1.807) is 6.07 Å². The quantitative estimate of drug-likeness (QED) is 0.634. The van der Waals surface area contributed by atoms with Crippen molar-refractivity contribution in [3.8, 4) is 0 Å². The van der Waals surface area contributed by atoms with E-state index in [0.717, 1.165) is 6.54 Å². The molecule has 0 spiro atoms. The van der Waals surface area contributed by atoms with Crippen molar-refractivity contribution in [2.24, 2.45) is 0 Å².